The summed E-state index contributed by atoms with van der Waals surface area (Å²) in [5.41, 5.74) is 0. The highest BCUT2D eigenvalue weighted by Crippen LogP contribution is 2.19. The molecule has 0 aromatic carbocycles. The number of carboxylic acid groups (broad SMARTS) is 1. The largest absolute Gasteiger partial charge is 0.480 e. The molecule has 1 aliphatic heterocycles. The standard InChI is InChI=1S/C13H22N2O4/c1-4-10(13(18)19)14-12(17)9-5-11(16)15(7-9)6-8(2)3/h8-10H,4-7H2,1-3H3,(H,14,17)(H,18,19). The molecule has 0 radical (unpaired) electrons. The number of nitrogens with one attached hydrogen (secondary N) is 1. The molecular formula is C13H22N2O4. The maximum Gasteiger partial charge on any atom is 0.326 e. The second-order valence-electron chi connectivity index (χ2n) is 5.40. The molecule has 2 unspecified atom stereocenters. The van der Waals surface area contributed by atoms with E-state index in [0.717, 1.165) is 0 Å². The summed E-state index contributed by atoms with van der Waals surface area (Å²) >= 11 is 0. The topological polar surface area (TPSA) is 86.7 Å². The van der Waals surface area contributed by atoms with Crippen molar-refractivity contribution in [1.82, 2.24) is 10.2 Å². The fourth-order valence-electron chi connectivity index (χ4n) is 2.19. The van der Waals surface area contributed by atoms with Gasteiger partial charge >= 0.3 is 5.97 Å². The summed E-state index contributed by atoms with van der Waals surface area (Å²) in [5, 5.41) is 11.4. The Hall–Kier alpha value is -1.59. The van der Waals surface area contributed by atoms with E-state index < -0.39 is 17.9 Å². The molecule has 6 nitrogen and oxygen atoms in total. The highest BCUT2D eigenvalue weighted by molar-refractivity contribution is 5.91. The van der Waals surface area contributed by atoms with E-state index in [9.17, 15) is 14.4 Å². The highest BCUT2D eigenvalue weighted by Gasteiger charge is 2.35. The molecule has 0 aromatic heterocycles. The lowest BCUT2D eigenvalue weighted by Gasteiger charge is -2.19. The van der Waals surface area contributed by atoms with Crippen LogP contribution >= 0.6 is 0 Å². The average Bonchev–Trinajstić information content (AvgIpc) is 2.66. The number of rotatable bonds is 6. The lowest BCUT2D eigenvalue weighted by atomic mass is 10.1. The Bertz CT molecular complexity index is 368. The van der Waals surface area contributed by atoms with Crippen LogP contribution in [0.15, 0.2) is 0 Å². The Balaban J connectivity index is 2.55. The van der Waals surface area contributed by atoms with Crippen molar-refractivity contribution >= 4 is 17.8 Å². The van der Waals surface area contributed by atoms with Crippen molar-refractivity contribution in [1.29, 1.82) is 0 Å². The summed E-state index contributed by atoms with van der Waals surface area (Å²) in [7, 11) is 0. The van der Waals surface area contributed by atoms with Crippen LogP contribution in [-0.4, -0.2) is 46.9 Å². The van der Waals surface area contributed by atoms with Crippen molar-refractivity contribution in [3.63, 3.8) is 0 Å². The first-order valence-corrected chi connectivity index (χ1v) is 6.66. The van der Waals surface area contributed by atoms with Gasteiger partial charge in [-0.2, -0.15) is 0 Å². The van der Waals surface area contributed by atoms with Gasteiger partial charge in [0.1, 0.15) is 6.04 Å². The number of aliphatic carboxylic acids is 1. The molecule has 2 amide bonds. The van der Waals surface area contributed by atoms with Gasteiger partial charge in [-0.05, 0) is 12.3 Å². The Labute approximate surface area is 113 Å². The Morgan fingerprint density at radius 3 is 2.58 bits per heavy atom. The van der Waals surface area contributed by atoms with Gasteiger partial charge in [0.25, 0.3) is 0 Å². The fraction of sp³-hybridized carbons (Fsp3) is 0.769. The lowest BCUT2D eigenvalue weighted by Crippen LogP contribution is -2.43. The molecule has 1 rings (SSSR count). The van der Waals surface area contributed by atoms with Gasteiger partial charge in [0.2, 0.25) is 11.8 Å². The van der Waals surface area contributed by atoms with Gasteiger partial charge in [-0.25, -0.2) is 4.79 Å². The maximum absolute atomic E-state index is 11.9. The summed E-state index contributed by atoms with van der Waals surface area (Å²) in [4.78, 5) is 36.2. The van der Waals surface area contributed by atoms with Crippen molar-refractivity contribution < 1.29 is 19.5 Å². The fourth-order valence-corrected chi connectivity index (χ4v) is 2.19. The van der Waals surface area contributed by atoms with Gasteiger partial charge in [0.15, 0.2) is 0 Å². The third-order valence-corrected chi connectivity index (χ3v) is 3.19. The van der Waals surface area contributed by atoms with E-state index in [-0.39, 0.29) is 18.2 Å². The number of nitrogens with zero attached hydrogens (tertiary/aromatic N) is 1. The molecule has 108 valence electrons. The van der Waals surface area contributed by atoms with Gasteiger partial charge in [-0.1, -0.05) is 20.8 Å². The first-order chi connectivity index (χ1) is 8.85. The summed E-state index contributed by atoms with van der Waals surface area (Å²) in [6.45, 7) is 6.75. The van der Waals surface area contributed by atoms with Crippen LogP contribution in [0.2, 0.25) is 0 Å². The first kappa shape index (κ1) is 15.5. The first-order valence-electron chi connectivity index (χ1n) is 6.66. The summed E-state index contributed by atoms with van der Waals surface area (Å²) in [5.74, 6) is -1.49. The molecule has 1 aliphatic rings. The predicted octanol–water partition coefficient (Wildman–Crippen LogP) is 0.470. The number of carbonyl (C=O) groups excluding carboxylic acids is 2. The van der Waals surface area contributed by atoms with Crippen LogP contribution in [0, 0.1) is 11.8 Å². The van der Waals surface area contributed by atoms with Crippen LogP contribution in [0.1, 0.15) is 33.6 Å². The Kier molecular flexibility index (Phi) is 5.32. The molecule has 2 N–H and O–H groups in total. The quantitative estimate of drug-likeness (QED) is 0.734. The Morgan fingerprint density at radius 2 is 2.11 bits per heavy atom. The third-order valence-electron chi connectivity index (χ3n) is 3.19. The van der Waals surface area contributed by atoms with Crippen LogP contribution in [-0.2, 0) is 14.4 Å². The minimum absolute atomic E-state index is 0.0303. The molecule has 2 atom stereocenters. The van der Waals surface area contributed by atoms with Gasteiger partial charge in [0, 0.05) is 19.5 Å². The van der Waals surface area contributed by atoms with Crippen LogP contribution in [0.5, 0.6) is 0 Å². The molecular weight excluding hydrogens is 248 g/mol. The van der Waals surface area contributed by atoms with E-state index in [2.05, 4.69) is 5.32 Å². The molecule has 0 aromatic rings. The zero-order valence-corrected chi connectivity index (χ0v) is 11.7. The summed E-state index contributed by atoms with van der Waals surface area (Å²) in [6.07, 6.45) is 0.506. The van der Waals surface area contributed by atoms with Crippen LogP contribution in [0.25, 0.3) is 0 Å². The number of carboxylic acids is 1. The van der Waals surface area contributed by atoms with Crippen molar-refractivity contribution in [3.05, 3.63) is 0 Å². The smallest absolute Gasteiger partial charge is 0.326 e. The maximum atomic E-state index is 11.9. The molecule has 0 aliphatic carbocycles. The molecule has 0 saturated carbocycles. The van der Waals surface area contributed by atoms with Gasteiger partial charge < -0.3 is 15.3 Å². The van der Waals surface area contributed by atoms with Crippen molar-refractivity contribution in [3.8, 4) is 0 Å². The minimum Gasteiger partial charge on any atom is -0.480 e. The van der Waals surface area contributed by atoms with Gasteiger partial charge in [-0.15, -0.1) is 0 Å². The predicted molar refractivity (Wildman–Crippen MR) is 69.4 cm³/mol. The van der Waals surface area contributed by atoms with E-state index in [0.29, 0.717) is 25.4 Å². The second kappa shape index (κ2) is 6.54. The minimum atomic E-state index is -1.04. The van der Waals surface area contributed by atoms with E-state index in [1.165, 1.54) is 0 Å². The van der Waals surface area contributed by atoms with Gasteiger partial charge in [-0.3, -0.25) is 9.59 Å². The van der Waals surface area contributed by atoms with E-state index in [1.54, 1.807) is 11.8 Å². The number of carbonyl (C=O) groups is 3. The molecule has 1 heterocycles. The molecule has 0 spiro atoms. The number of amides is 2. The summed E-state index contributed by atoms with van der Waals surface area (Å²) < 4.78 is 0. The normalized spacial score (nSPS) is 20.7. The van der Waals surface area contributed by atoms with Crippen molar-refractivity contribution in [2.75, 3.05) is 13.1 Å². The lowest BCUT2D eigenvalue weighted by molar-refractivity contribution is -0.142. The zero-order valence-electron chi connectivity index (χ0n) is 11.7. The molecule has 1 fully saturated rings. The second-order valence-corrected chi connectivity index (χ2v) is 5.40. The SMILES string of the molecule is CCC(NC(=O)C1CC(=O)N(CC(C)C)C1)C(=O)O. The Morgan fingerprint density at radius 1 is 1.47 bits per heavy atom. The molecule has 0 bridgehead atoms. The van der Waals surface area contributed by atoms with E-state index in [4.69, 9.17) is 5.11 Å². The monoisotopic (exact) mass is 270 g/mol. The van der Waals surface area contributed by atoms with Gasteiger partial charge in [0.05, 0.1) is 5.92 Å². The van der Waals surface area contributed by atoms with Crippen molar-refractivity contribution in [2.24, 2.45) is 11.8 Å². The van der Waals surface area contributed by atoms with Crippen molar-refractivity contribution in [2.45, 2.75) is 39.7 Å². The number of hydrogen-bond acceptors (Lipinski definition) is 3. The summed E-state index contributed by atoms with van der Waals surface area (Å²) in [6, 6.07) is -0.873. The molecule has 6 heteroatoms. The zero-order chi connectivity index (χ0) is 14.6. The molecule has 1 saturated heterocycles. The number of likely N-dealkylation sites (tertiary alicyclic amines) is 1. The van der Waals surface area contributed by atoms with Crippen LogP contribution in [0.4, 0.5) is 0 Å². The van der Waals surface area contributed by atoms with E-state index >= 15 is 0 Å². The van der Waals surface area contributed by atoms with Crippen LogP contribution < -0.4 is 5.32 Å². The third kappa shape index (κ3) is 4.22. The van der Waals surface area contributed by atoms with Crippen LogP contribution in [0.3, 0.4) is 0 Å². The molecule has 19 heavy (non-hydrogen) atoms. The van der Waals surface area contributed by atoms with E-state index in [1.807, 2.05) is 13.8 Å². The number of hydrogen-bond donors (Lipinski definition) is 2. The average molecular weight is 270 g/mol. The highest BCUT2D eigenvalue weighted by atomic mass is 16.4.